The number of cyclic esters (lactones) is 1. The number of fused-ring (bicyclic) bond motifs is 2. The minimum atomic E-state index is -0.529. The number of nitrogens with one attached hydrogen (secondary N) is 4. The van der Waals surface area contributed by atoms with E-state index in [1.54, 1.807) is 7.11 Å². The fourth-order valence-electron chi connectivity index (χ4n) is 5.72. The number of nitrogens with zero attached hydrogens (tertiary/aromatic N) is 3. The molecule has 0 spiro atoms. The Morgan fingerprint density at radius 1 is 1.29 bits per heavy atom. The highest BCUT2D eigenvalue weighted by Crippen LogP contribution is 2.32. The van der Waals surface area contributed by atoms with Gasteiger partial charge in [-0.25, -0.2) is 19.2 Å². The van der Waals surface area contributed by atoms with Crippen molar-refractivity contribution in [2.45, 2.75) is 43.9 Å². The van der Waals surface area contributed by atoms with Gasteiger partial charge < -0.3 is 35.5 Å². The predicted molar refractivity (Wildman–Crippen MR) is 144 cm³/mol. The second-order valence-electron chi connectivity index (χ2n) is 10.7. The van der Waals surface area contributed by atoms with Gasteiger partial charge in [0.1, 0.15) is 11.9 Å². The van der Waals surface area contributed by atoms with Crippen molar-refractivity contribution in [3.05, 3.63) is 35.3 Å². The molecule has 4 N–H and O–H groups in total. The van der Waals surface area contributed by atoms with Crippen molar-refractivity contribution in [1.29, 1.82) is 0 Å². The van der Waals surface area contributed by atoms with Crippen molar-refractivity contribution in [3.63, 3.8) is 0 Å². The third-order valence-corrected chi connectivity index (χ3v) is 7.85. The molecule has 2 aromatic rings. The SMILES string of the molecule is CO[C@H]1CN[C@H](C(=O)Nc2cc(F)c3c(c2)CC(CNCCC2CN(c4cnc5c(n4)NC(=O)CO5)C(=O)O2)C3)C1. The standard InChI is InChI=1S/C27H32FN7O6/c1-39-18-8-21(30-10-18)25(37)32-16-6-15-4-14(5-19(15)20(28)7-16)9-29-3-2-17-12-35(27(38)41-17)22-11-31-26-24(33-22)34-23(36)13-40-26/h6-7,11,14,17-18,21,29-30H,2-5,8-10,12-13H2,1H3,(H,32,37)(H,33,34,36)/t14?,17?,18-,21+/m1/s1. The van der Waals surface area contributed by atoms with Crippen LogP contribution in [0.1, 0.15) is 24.0 Å². The molecule has 1 aromatic heterocycles. The lowest BCUT2D eigenvalue weighted by Gasteiger charge is -2.18. The van der Waals surface area contributed by atoms with Gasteiger partial charge in [0.2, 0.25) is 5.91 Å². The minimum absolute atomic E-state index is 0.0000343. The van der Waals surface area contributed by atoms with E-state index in [9.17, 15) is 18.8 Å². The van der Waals surface area contributed by atoms with Gasteiger partial charge in [-0.3, -0.25) is 14.5 Å². The van der Waals surface area contributed by atoms with E-state index >= 15 is 0 Å². The molecule has 6 rings (SSSR count). The highest BCUT2D eigenvalue weighted by atomic mass is 19.1. The lowest BCUT2D eigenvalue weighted by Crippen LogP contribution is -2.35. The highest BCUT2D eigenvalue weighted by molar-refractivity contribution is 5.95. The molecule has 13 nitrogen and oxygen atoms in total. The molecule has 0 radical (unpaired) electrons. The molecule has 3 amide bonds. The molecule has 1 aromatic carbocycles. The van der Waals surface area contributed by atoms with Gasteiger partial charge in [-0.2, -0.15) is 0 Å². The molecule has 4 aliphatic rings. The average molecular weight is 570 g/mol. The second-order valence-corrected chi connectivity index (χ2v) is 10.7. The molecule has 1 aliphatic carbocycles. The molecular formula is C27H32FN7O6. The zero-order chi connectivity index (χ0) is 28.5. The summed E-state index contributed by atoms with van der Waals surface area (Å²) in [6.45, 7) is 2.08. The summed E-state index contributed by atoms with van der Waals surface area (Å²) in [7, 11) is 1.62. The number of carbonyl (C=O) groups excluding carboxylic acids is 3. The predicted octanol–water partition coefficient (Wildman–Crippen LogP) is 0.982. The molecular weight excluding hydrogens is 537 g/mol. The van der Waals surface area contributed by atoms with Crippen LogP contribution in [0.3, 0.4) is 0 Å². The third kappa shape index (κ3) is 5.94. The van der Waals surface area contributed by atoms with Crippen LogP contribution in [0.5, 0.6) is 5.88 Å². The van der Waals surface area contributed by atoms with Crippen molar-refractivity contribution in [2.24, 2.45) is 5.92 Å². The van der Waals surface area contributed by atoms with Crippen LogP contribution < -0.4 is 30.9 Å². The number of methoxy groups -OCH3 is 1. The van der Waals surface area contributed by atoms with E-state index in [1.807, 2.05) is 6.07 Å². The monoisotopic (exact) mass is 569 g/mol. The first-order valence-electron chi connectivity index (χ1n) is 13.7. The Morgan fingerprint density at radius 3 is 3.00 bits per heavy atom. The number of carbonyl (C=O) groups is 3. The largest absolute Gasteiger partial charge is 0.465 e. The number of aromatic nitrogens is 2. The van der Waals surface area contributed by atoms with Crippen molar-refractivity contribution in [2.75, 3.05) is 55.4 Å². The summed E-state index contributed by atoms with van der Waals surface area (Å²) in [5, 5.41) is 12.0. The van der Waals surface area contributed by atoms with Crippen LogP contribution in [0.4, 0.5) is 26.5 Å². The van der Waals surface area contributed by atoms with Crippen LogP contribution in [0.15, 0.2) is 18.3 Å². The topological polar surface area (TPSA) is 156 Å². The van der Waals surface area contributed by atoms with E-state index in [0.717, 1.165) is 5.56 Å². The van der Waals surface area contributed by atoms with E-state index in [-0.39, 0.29) is 65.9 Å². The van der Waals surface area contributed by atoms with Gasteiger partial charge in [0, 0.05) is 19.3 Å². The number of hydrogen-bond acceptors (Lipinski definition) is 10. The normalized spacial score (nSPS) is 24.9. The first-order chi connectivity index (χ1) is 19.9. The summed E-state index contributed by atoms with van der Waals surface area (Å²) in [5.41, 5.74) is 2.07. The molecule has 14 heteroatoms. The Labute approximate surface area is 235 Å². The first kappa shape index (κ1) is 27.3. The number of amides is 3. The second kappa shape index (κ2) is 11.5. The van der Waals surface area contributed by atoms with Gasteiger partial charge in [-0.1, -0.05) is 0 Å². The number of rotatable bonds is 9. The lowest BCUT2D eigenvalue weighted by molar-refractivity contribution is -0.119. The van der Waals surface area contributed by atoms with Crippen LogP contribution in [-0.2, 0) is 31.9 Å². The van der Waals surface area contributed by atoms with Gasteiger partial charge in [0.25, 0.3) is 11.8 Å². The van der Waals surface area contributed by atoms with E-state index in [1.165, 1.54) is 17.2 Å². The molecule has 2 saturated heterocycles. The van der Waals surface area contributed by atoms with Crippen LogP contribution in [-0.4, -0.2) is 86.0 Å². The van der Waals surface area contributed by atoms with Crippen molar-refractivity contribution in [3.8, 4) is 5.88 Å². The average Bonchev–Trinajstić information content (AvgIpc) is 3.69. The molecule has 3 aliphatic heterocycles. The maximum Gasteiger partial charge on any atom is 0.415 e. The van der Waals surface area contributed by atoms with E-state index in [2.05, 4.69) is 31.2 Å². The number of halogens is 1. The molecule has 4 atom stereocenters. The smallest absolute Gasteiger partial charge is 0.415 e. The Morgan fingerprint density at radius 2 is 2.17 bits per heavy atom. The van der Waals surface area contributed by atoms with Gasteiger partial charge in [0.15, 0.2) is 18.2 Å². The summed E-state index contributed by atoms with van der Waals surface area (Å²) in [6, 6.07) is 2.90. The summed E-state index contributed by atoms with van der Waals surface area (Å²) in [4.78, 5) is 46.4. The van der Waals surface area contributed by atoms with Crippen molar-refractivity contribution >= 4 is 35.2 Å². The van der Waals surface area contributed by atoms with Crippen LogP contribution in [0, 0.1) is 11.7 Å². The summed E-state index contributed by atoms with van der Waals surface area (Å²) in [6.07, 6.45) is 3.04. The Bertz CT molecular complexity index is 1360. The maximum absolute atomic E-state index is 14.9. The molecule has 2 fully saturated rings. The molecule has 0 bridgehead atoms. The molecule has 2 unspecified atom stereocenters. The number of benzene rings is 1. The van der Waals surface area contributed by atoms with E-state index < -0.39 is 6.09 Å². The summed E-state index contributed by atoms with van der Waals surface area (Å²) >= 11 is 0. The van der Waals surface area contributed by atoms with Crippen molar-refractivity contribution < 1.29 is 33.0 Å². The highest BCUT2D eigenvalue weighted by Gasteiger charge is 2.34. The maximum atomic E-state index is 14.9. The molecule has 218 valence electrons. The third-order valence-electron chi connectivity index (χ3n) is 7.85. The molecule has 0 saturated carbocycles. The van der Waals surface area contributed by atoms with Crippen LogP contribution in [0.2, 0.25) is 0 Å². The number of ether oxygens (including phenoxy) is 3. The number of anilines is 3. The van der Waals surface area contributed by atoms with Gasteiger partial charge in [-0.05, 0) is 68.0 Å². The zero-order valence-corrected chi connectivity index (χ0v) is 22.6. The van der Waals surface area contributed by atoms with Crippen LogP contribution in [0.25, 0.3) is 0 Å². The van der Waals surface area contributed by atoms with Gasteiger partial charge in [0.05, 0.1) is 24.9 Å². The molecule has 41 heavy (non-hydrogen) atoms. The van der Waals surface area contributed by atoms with Gasteiger partial charge in [-0.15, -0.1) is 0 Å². The summed E-state index contributed by atoms with van der Waals surface area (Å²) in [5.74, 6) is 0.0414. The Hall–Kier alpha value is -3.88. The molecule has 4 heterocycles. The quantitative estimate of drug-likeness (QED) is 0.321. The van der Waals surface area contributed by atoms with Crippen LogP contribution >= 0.6 is 0 Å². The van der Waals surface area contributed by atoms with Crippen molar-refractivity contribution in [1.82, 2.24) is 20.6 Å². The van der Waals surface area contributed by atoms with E-state index in [0.29, 0.717) is 63.1 Å². The first-order valence-corrected chi connectivity index (χ1v) is 13.7. The van der Waals surface area contributed by atoms with Gasteiger partial charge >= 0.3 is 6.09 Å². The fourth-order valence-corrected chi connectivity index (χ4v) is 5.72. The number of hydrogen-bond donors (Lipinski definition) is 4. The Kier molecular flexibility index (Phi) is 7.69. The van der Waals surface area contributed by atoms with E-state index in [4.69, 9.17) is 14.2 Å². The summed E-state index contributed by atoms with van der Waals surface area (Å²) < 4.78 is 30.9. The Balaban J connectivity index is 0.957. The fraction of sp³-hybridized carbons (Fsp3) is 0.519. The lowest BCUT2D eigenvalue weighted by atomic mass is 10.1. The zero-order valence-electron chi connectivity index (χ0n) is 22.6. The minimum Gasteiger partial charge on any atom is -0.465 e.